The minimum absolute atomic E-state index is 0.000621. The number of hydrogen-bond acceptors (Lipinski definition) is 3. The smallest absolute Gasteiger partial charge is 0.305 e. The first-order valence-electron chi connectivity index (χ1n) is 6.74. The first kappa shape index (κ1) is 15.0. The van der Waals surface area contributed by atoms with Gasteiger partial charge in [-0.2, -0.15) is 0 Å². The normalized spacial score (nSPS) is 24.8. The van der Waals surface area contributed by atoms with E-state index in [-0.39, 0.29) is 18.4 Å². The van der Waals surface area contributed by atoms with E-state index in [0.29, 0.717) is 6.54 Å². The fraction of sp³-hybridized carbons (Fsp3) is 0.846. The second-order valence-corrected chi connectivity index (χ2v) is 5.00. The van der Waals surface area contributed by atoms with Gasteiger partial charge >= 0.3 is 5.97 Å². The van der Waals surface area contributed by atoms with Crippen LogP contribution in [0.25, 0.3) is 0 Å². The molecule has 1 rings (SSSR count). The molecule has 1 aliphatic rings. The number of carbonyl (C=O) groups is 2. The third kappa shape index (κ3) is 3.02. The van der Waals surface area contributed by atoms with Gasteiger partial charge in [-0.1, -0.05) is 6.92 Å². The third-order valence-corrected chi connectivity index (χ3v) is 3.86. The van der Waals surface area contributed by atoms with Gasteiger partial charge in [0, 0.05) is 12.6 Å². The van der Waals surface area contributed by atoms with Crippen LogP contribution in [0.4, 0.5) is 0 Å². The van der Waals surface area contributed by atoms with Gasteiger partial charge in [0.25, 0.3) is 0 Å². The Kier molecular flexibility index (Phi) is 5.14. The molecule has 0 spiro atoms. The zero-order chi connectivity index (χ0) is 13.8. The van der Waals surface area contributed by atoms with E-state index in [2.05, 4.69) is 5.32 Å². The number of rotatable bonds is 6. The van der Waals surface area contributed by atoms with Crippen LogP contribution in [0.15, 0.2) is 0 Å². The lowest BCUT2D eigenvalue weighted by atomic mass is 9.91. The van der Waals surface area contributed by atoms with Crippen molar-refractivity contribution in [1.82, 2.24) is 10.2 Å². The molecular formula is C13H24N2O3. The topological polar surface area (TPSA) is 69.6 Å². The molecule has 0 aromatic rings. The Morgan fingerprint density at radius 3 is 2.50 bits per heavy atom. The average Bonchev–Trinajstić information content (AvgIpc) is 2.78. The van der Waals surface area contributed by atoms with E-state index in [9.17, 15) is 9.59 Å². The molecular weight excluding hydrogens is 232 g/mol. The standard InChI is InChI=1S/C13H24N2O3/c1-4-13(7-6-8-14-13)12(18)15(5-2)10(3)9-11(16)17/h10,14H,4-9H2,1-3H3,(H,16,17). The summed E-state index contributed by atoms with van der Waals surface area (Å²) in [5.74, 6) is -0.808. The molecule has 1 aliphatic heterocycles. The highest BCUT2D eigenvalue weighted by Gasteiger charge is 2.42. The van der Waals surface area contributed by atoms with Crippen LogP contribution >= 0.6 is 0 Å². The summed E-state index contributed by atoms with van der Waals surface area (Å²) in [4.78, 5) is 25.1. The van der Waals surface area contributed by atoms with Gasteiger partial charge in [0.2, 0.25) is 5.91 Å². The summed E-state index contributed by atoms with van der Waals surface area (Å²) in [5, 5.41) is 12.1. The van der Waals surface area contributed by atoms with E-state index in [1.54, 1.807) is 11.8 Å². The monoisotopic (exact) mass is 256 g/mol. The largest absolute Gasteiger partial charge is 0.481 e. The number of nitrogens with one attached hydrogen (secondary N) is 1. The predicted octanol–water partition coefficient (Wildman–Crippen LogP) is 1.23. The number of carboxylic acid groups (broad SMARTS) is 1. The number of hydrogen-bond donors (Lipinski definition) is 2. The lowest BCUT2D eigenvalue weighted by molar-refractivity contribution is -0.143. The molecule has 0 aliphatic carbocycles. The van der Waals surface area contributed by atoms with Gasteiger partial charge in [0.1, 0.15) is 0 Å². The molecule has 1 saturated heterocycles. The number of amides is 1. The van der Waals surface area contributed by atoms with Gasteiger partial charge < -0.3 is 15.3 Å². The Labute approximate surface area is 109 Å². The molecule has 1 fully saturated rings. The average molecular weight is 256 g/mol. The Balaban J connectivity index is 2.80. The maximum Gasteiger partial charge on any atom is 0.305 e. The van der Waals surface area contributed by atoms with Gasteiger partial charge in [-0.3, -0.25) is 9.59 Å². The maximum absolute atomic E-state index is 12.6. The van der Waals surface area contributed by atoms with E-state index in [1.165, 1.54) is 0 Å². The molecule has 1 amide bonds. The molecule has 18 heavy (non-hydrogen) atoms. The van der Waals surface area contributed by atoms with E-state index in [0.717, 1.165) is 25.8 Å². The highest BCUT2D eigenvalue weighted by atomic mass is 16.4. The summed E-state index contributed by atoms with van der Waals surface area (Å²) in [5.41, 5.74) is -0.469. The Morgan fingerprint density at radius 2 is 2.11 bits per heavy atom. The second kappa shape index (κ2) is 6.18. The molecule has 2 atom stereocenters. The van der Waals surface area contributed by atoms with Crippen LogP contribution in [0.1, 0.15) is 46.5 Å². The highest BCUT2D eigenvalue weighted by Crippen LogP contribution is 2.26. The third-order valence-electron chi connectivity index (χ3n) is 3.86. The van der Waals surface area contributed by atoms with Gasteiger partial charge in [-0.25, -0.2) is 0 Å². The van der Waals surface area contributed by atoms with Crippen molar-refractivity contribution in [2.75, 3.05) is 13.1 Å². The summed E-state index contributed by atoms with van der Waals surface area (Å²) in [6.07, 6.45) is 2.60. The number of aliphatic carboxylic acids is 1. The van der Waals surface area contributed by atoms with Crippen LogP contribution in [-0.2, 0) is 9.59 Å². The first-order chi connectivity index (χ1) is 8.46. The van der Waals surface area contributed by atoms with Crippen molar-refractivity contribution >= 4 is 11.9 Å². The van der Waals surface area contributed by atoms with E-state index in [4.69, 9.17) is 5.11 Å². The molecule has 0 aromatic carbocycles. The van der Waals surface area contributed by atoms with Crippen LogP contribution in [0, 0.1) is 0 Å². The first-order valence-corrected chi connectivity index (χ1v) is 6.74. The maximum atomic E-state index is 12.6. The Bertz CT molecular complexity index is 311. The molecule has 1 heterocycles. The van der Waals surface area contributed by atoms with Gasteiger partial charge in [0.15, 0.2) is 0 Å². The van der Waals surface area contributed by atoms with Crippen molar-refractivity contribution in [3.8, 4) is 0 Å². The zero-order valence-corrected chi connectivity index (χ0v) is 11.5. The number of carboxylic acids is 1. The van der Waals surface area contributed by atoms with Crippen LogP contribution in [0.2, 0.25) is 0 Å². The molecule has 0 radical (unpaired) electrons. The van der Waals surface area contributed by atoms with Crippen molar-refractivity contribution < 1.29 is 14.7 Å². The van der Waals surface area contributed by atoms with Crippen LogP contribution in [-0.4, -0.2) is 46.6 Å². The van der Waals surface area contributed by atoms with Crippen molar-refractivity contribution in [3.63, 3.8) is 0 Å². The van der Waals surface area contributed by atoms with Crippen molar-refractivity contribution in [2.45, 2.75) is 58.0 Å². The Morgan fingerprint density at radius 1 is 1.44 bits per heavy atom. The fourth-order valence-corrected chi connectivity index (χ4v) is 2.74. The molecule has 5 heteroatoms. The molecule has 2 N–H and O–H groups in total. The molecule has 2 unspecified atom stereocenters. The van der Waals surface area contributed by atoms with Crippen molar-refractivity contribution in [2.24, 2.45) is 0 Å². The van der Waals surface area contributed by atoms with E-state index >= 15 is 0 Å². The molecule has 0 aromatic heterocycles. The van der Waals surface area contributed by atoms with Gasteiger partial charge in [0.05, 0.1) is 12.0 Å². The summed E-state index contributed by atoms with van der Waals surface area (Å²) < 4.78 is 0. The molecule has 104 valence electrons. The van der Waals surface area contributed by atoms with Gasteiger partial charge in [-0.05, 0) is 39.7 Å². The zero-order valence-electron chi connectivity index (χ0n) is 11.5. The van der Waals surface area contributed by atoms with Crippen molar-refractivity contribution in [1.29, 1.82) is 0 Å². The SMILES string of the molecule is CCN(C(=O)C1(CC)CCCN1)C(C)CC(=O)O. The summed E-state index contributed by atoms with van der Waals surface area (Å²) >= 11 is 0. The van der Waals surface area contributed by atoms with Crippen LogP contribution in [0.3, 0.4) is 0 Å². The minimum atomic E-state index is -0.862. The predicted molar refractivity (Wildman–Crippen MR) is 69.4 cm³/mol. The van der Waals surface area contributed by atoms with Crippen LogP contribution < -0.4 is 5.32 Å². The van der Waals surface area contributed by atoms with Crippen LogP contribution in [0.5, 0.6) is 0 Å². The molecule has 0 bridgehead atoms. The highest BCUT2D eigenvalue weighted by molar-refractivity contribution is 5.87. The Hall–Kier alpha value is -1.10. The summed E-state index contributed by atoms with van der Waals surface area (Å²) in [6.45, 7) is 7.12. The van der Waals surface area contributed by atoms with E-state index < -0.39 is 11.5 Å². The second-order valence-electron chi connectivity index (χ2n) is 5.00. The quantitative estimate of drug-likeness (QED) is 0.750. The molecule has 0 saturated carbocycles. The minimum Gasteiger partial charge on any atom is -0.481 e. The number of nitrogens with zero attached hydrogens (tertiary/aromatic N) is 1. The number of likely N-dealkylation sites (N-methyl/N-ethyl adjacent to an activating group) is 1. The van der Waals surface area contributed by atoms with Crippen molar-refractivity contribution in [3.05, 3.63) is 0 Å². The number of carbonyl (C=O) groups excluding carboxylic acids is 1. The van der Waals surface area contributed by atoms with E-state index in [1.807, 2.05) is 13.8 Å². The molecule has 5 nitrogen and oxygen atoms in total. The lowest BCUT2D eigenvalue weighted by Gasteiger charge is -2.36. The lowest BCUT2D eigenvalue weighted by Crippen LogP contribution is -2.56. The summed E-state index contributed by atoms with van der Waals surface area (Å²) in [6, 6.07) is -0.258. The summed E-state index contributed by atoms with van der Waals surface area (Å²) in [7, 11) is 0. The van der Waals surface area contributed by atoms with Gasteiger partial charge in [-0.15, -0.1) is 0 Å². The fourth-order valence-electron chi connectivity index (χ4n) is 2.74.